The van der Waals surface area contributed by atoms with E-state index in [0.717, 1.165) is 5.56 Å². The molecule has 0 spiro atoms. The maximum absolute atomic E-state index is 9.82. The molecule has 0 aromatic heterocycles. The Morgan fingerprint density at radius 1 is 1.47 bits per heavy atom. The molecule has 3 atom stereocenters. The number of halogens is 1. The summed E-state index contributed by atoms with van der Waals surface area (Å²) in [5.74, 6) is 0. The molecule has 0 aliphatic carbocycles. The summed E-state index contributed by atoms with van der Waals surface area (Å²) in [7, 11) is 3.51. The number of methoxy groups -OCH3 is 1. The molecule has 0 radical (unpaired) electrons. The Balaban J connectivity index is 2.82. The van der Waals surface area contributed by atoms with Gasteiger partial charge in [0.25, 0.3) is 0 Å². The third-order valence-corrected chi connectivity index (χ3v) is 3.26. The summed E-state index contributed by atoms with van der Waals surface area (Å²) in [5.41, 5.74) is 7.12. The minimum absolute atomic E-state index is 0.00482. The minimum Gasteiger partial charge on any atom is -0.389 e. The molecule has 19 heavy (non-hydrogen) atoms. The van der Waals surface area contributed by atoms with Crippen LogP contribution in [0.1, 0.15) is 18.5 Å². The number of hydrogen-bond acceptors (Lipinski definition) is 4. The van der Waals surface area contributed by atoms with E-state index in [4.69, 9.17) is 22.1 Å². The summed E-state index contributed by atoms with van der Waals surface area (Å²) < 4.78 is 4.94. The monoisotopic (exact) mass is 286 g/mol. The standard InChI is InChI=1S/C14H23ClN2O2/c1-10(16)14(11-5-4-6-12(15)7-11)17(2)8-13(18)9-19-3/h4-7,10,13-14,18H,8-9,16H2,1-3H3. The smallest absolute Gasteiger partial charge is 0.0900 e. The summed E-state index contributed by atoms with van der Waals surface area (Å²) in [6.45, 7) is 2.75. The lowest BCUT2D eigenvalue weighted by molar-refractivity contribution is 0.0317. The Morgan fingerprint density at radius 3 is 2.68 bits per heavy atom. The van der Waals surface area contributed by atoms with Crippen molar-refractivity contribution < 1.29 is 9.84 Å². The van der Waals surface area contributed by atoms with Crippen LogP contribution < -0.4 is 5.73 Å². The molecule has 3 unspecified atom stereocenters. The number of ether oxygens (including phenoxy) is 1. The van der Waals surface area contributed by atoms with Gasteiger partial charge in [0.05, 0.1) is 12.7 Å². The first-order chi connectivity index (χ1) is 8.95. The number of nitrogens with two attached hydrogens (primary N) is 1. The fraction of sp³-hybridized carbons (Fsp3) is 0.571. The zero-order chi connectivity index (χ0) is 14.4. The molecule has 0 saturated carbocycles. The number of nitrogens with zero attached hydrogens (tertiary/aromatic N) is 1. The van der Waals surface area contributed by atoms with Crippen molar-refractivity contribution >= 4 is 11.6 Å². The molecule has 1 rings (SSSR count). The maximum Gasteiger partial charge on any atom is 0.0900 e. The van der Waals surface area contributed by atoms with Crippen molar-refractivity contribution in [3.63, 3.8) is 0 Å². The highest BCUT2D eigenvalue weighted by molar-refractivity contribution is 6.30. The van der Waals surface area contributed by atoms with E-state index in [1.807, 2.05) is 43.1 Å². The zero-order valence-electron chi connectivity index (χ0n) is 11.7. The Labute approximate surface area is 120 Å². The second kappa shape index (κ2) is 7.82. The fourth-order valence-electron chi connectivity index (χ4n) is 2.34. The summed E-state index contributed by atoms with van der Waals surface area (Å²) in [6.07, 6.45) is -0.532. The average molecular weight is 287 g/mol. The molecule has 5 heteroatoms. The zero-order valence-corrected chi connectivity index (χ0v) is 12.5. The average Bonchev–Trinajstić information content (AvgIpc) is 2.28. The van der Waals surface area contributed by atoms with Gasteiger partial charge in [-0.1, -0.05) is 23.7 Å². The first-order valence-electron chi connectivity index (χ1n) is 6.34. The summed E-state index contributed by atoms with van der Waals surface area (Å²) >= 11 is 6.03. The lowest BCUT2D eigenvalue weighted by Gasteiger charge is -2.32. The third-order valence-electron chi connectivity index (χ3n) is 3.02. The van der Waals surface area contributed by atoms with Gasteiger partial charge in [0.1, 0.15) is 0 Å². The number of rotatable bonds is 7. The van der Waals surface area contributed by atoms with Gasteiger partial charge in [-0.05, 0) is 31.7 Å². The maximum atomic E-state index is 9.82. The number of likely N-dealkylation sites (N-methyl/N-ethyl adjacent to an activating group) is 1. The predicted molar refractivity (Wildman–Crippen MR) is 78.4 cm³/mol. The second-order valence-electron chi connectivity index (χ2n) is 4.91. The summed E-state index contributed by atoms with van der Waals surface area (Å²) in [4.78, 5) is 2.03. The Bertz CT molecular complexity index is 387. The Kier molecular flexibility index (Phi) is 6.75. The van der Waals surface area contributed by atoms with E-state index < -0.39 is 6.10 Å². The van der Waals surface area contributed by atoms with Gasteiger partial charge in [-0.25, -0.2) is 0 Å². The van der Waals surface area contributed by atoms with Gasteiger partial charge in [-0.15, -0.1) is 0 Å². The molecule has 1 aromatic carbocycles. The van der Waals surface area contributed by atoms with Crippen LogP contribution in [0, 0.1) is 0 Å². The number of hydrogen-bond donors (Lipinski definition) is 2. The van der Waals surface area contributed by atoms with Crippen LogP contribution in [0.5, 0.6) is 0 Å². The van der Waals surface area contributed by atoms with Crippen molar-refractivity contribution in [1.82, 2.24) is 4.90 Å². The van der Waals surface area contributed by atoms with E-state index in [9.17, 15) is 5.11 Å². The number of benzene rings is 1. The highest BCUT2D eigenvalue weighted by atomic mass is 35.5. The minimum atomic E-state index is -0.532. The van der Waals surface area contributed by atoms with E-state index >= 15 is 0 Å². The van der Waals surface area contributed by atoms with Crippen LogP contribution in [0.25, 0.3) is 0 Å². The summed E-state index contributed by atoms with van der Waals surface area (Å²) in [5, 5.41) is 10.5. The highest BCUT2D eigenvalue weighted by Gasteiger charge is 2.23. The molecular weight excluding hydrogens is 264 g/mol. The van der Waals surface area contributed by atoms with Crippen LogP contribution >= 0.6 is 11.6 Å². The first kappa shape index (κ1) is 16.4. The van der Waals surface area contributed by atoms with Gasteiger partial charge in [0, 0.05) is 30.8 Å². The molecule has 1 aromatic rings. The van der Waals surface area contributed by atoms with Crippen LogP contribution in [-0.4, -0.2) is 49.5 Å². The first-order valence-corrected chi connectivity index (χ1v) is 6.71. The van der Waals surface area contributed by atoms with E-state index in [-0.39, 0.29) is 12.1 Å². The van der Waals surface area contributed by atoms with Crippen molar-refractivity contribution in [3.8, 4) is 0 Å². The Hall–Kier alpha value is -0.650. The molecule has 0 fully saturated rings. The van der Waals surface area contributed by atoms with Crippen LogP contribution in [0.3, 0.4) is 0 Å². The van der Waals surface area contributed by atoms with Crippen molar-refractivity contribution in [1.29, 1.82) is 0 Å². The fourth-order valence-corrected chi connectivity index (χ4v) is 2.54. The molecule has 0 heterocycles. The quantitative estimate of drug-likeness (QED) is 0.800. The molecule has 0 saturated heterocycles. The normalized spacial score (nSPS) is 16.4. The topological polar surface area (TPSA) is 58.7 Å². The van der Waals surface area contributed by atoms with Gasteiger partial charge in [-0.2, -0.15) is 0 Å². The molecule has 108 valence electrons. The van der Waals surface area contributed by atoms with Crippen LogP contribution in [-0.2, 0) is 4.74 Å². The van der Waals surface area contributed by atoms with E-state index in [0.29, 0.717) is 18.2 Å². The van der Waals surface area contributed by atoms with Crippen molar-refractivity contribution in [2.24, 2.45) is 5.73 Å². The van der Waals surface area contributed by atoms with Gasteiger partial charge < -0.3 is 15.6 Å². The van der Waals surface area contributed by atoms with Gasteiger partial charge in [0.15, 0.2) is 0 Å². The van der Waals surface area contributed by atoms with Crippen LogP contribution in [0.15, 0.2) is 24.3 Å². The third kappa shape index (κ3) is 5.09. The van der Waals surface area contributed by atoms with Crippen molar-refractivity contribution in [2.75, 3.05) is 27.3 Å². The van der Waals surface area contributed by atoms with Crippen molar-refractivity contribution in [3.05, 3.63) is 34.9 Å². The second-order valence-corrected chi connectivity index (χ2v) is 5.34. The lowest BCUT2D eigenvalue weighted by Crippen LogP contribution is -2.41. The van der Waals surface area contributed by atoms with Gasteiger partial charge in [0.2, 0.25) is 0 Å². The van der Waals surface area contributed by atoms with Crippen LogP contribution in [0.4, 0.5) is 0 Å². The molecule has 4 nitrogen and oxygen atoms in total. The predicted octanol–water partition coefficient (Wildman–Crippen LogP) is 1.67. The van der Waals surface area contributed by atoms with E-state index in [1.54, 1.807) is 7.11 Å². The SMILES string of the molecule is COCC(O)CN(C)C(c1cccc(Cl)c1)C(C)N. The molecular formula is C14H23ClN2O2. The van der Waals surface area contributed by atoms with Crippen molar-refractivity contribution in [2.45, 2.75) is 25.1 Å². The Morgan fingerprint density at radius 2 is 2.16 bits per heavy atom. The molecule has 0 aliphatic heterocycles. The molecule has 0 amide bonds. The van der Waals surface area contributed by atoms with Crippen LogP contribution in [0.2, 0.25) is 5.02 Å². The van der Waals surface area contributed by atoms with Gasteiger partial charge in [-0.3, -0.25) is 4.90 Å². The molecule has 0 aliphatic rings. The largest absolute Gasteiger partial charge is 0.389 e. The lowest BCUT2D eigenvalue weighted by atomic mass is 9.99. The van der Waals surface area contributed by atoms with E-state index in [1.165, 1.54) is 0 Å². The van der Waals surface area contributed by atoms with E-state index in [2.05, 4.69) is 0 Å². The molecule has 0 bridgehead atoms. The number of aliphatic hydroxyl groups excluding tert-OH is 1. The van der Waals surface area contributed by atoms with Gasteiger partial charge >= 0.3 is 0 Å². The number of aliphatic hydroxyl groups is 1. The molecule has 3 N–H and O–H groups in total. The highest BCUT2D eigenvalue weighted by Crippen LogP contribution is 2.24. The summed E-state index contributed by atoms with van der Waals surface area (Å²) in [6, 6.07) is 7.59.